The Morgan fingerprint density at radius 2 is 2.00 bits per heavy atom. The summed E-state index contributed by atoms with van der Waals surface area (Å²) in [5.74, 6) is -0.295. The molecule has 0 bridgehead atoms. The quantitative estimate of drug-likeness (QED) is 0.372. The number of fused-ring (bicyclic) bond motifs is 3. The third-order valence-electron chi connectivity index (χ3n) is 6.07. The summed E-state index contributed by atoms with van der Waals surface area (Å²) < 4.78 is 2.10. The molecule has 0 aliphatic carbocycles. The Morgan fingerprint density at radius 1 is 1.18 bits per heavy atom. The number of para-hydroxylation sites is 1. The Morgan fingerprint density at radius 3 is 2.79 bits per heavy atom. The van der Waals surface area contributed by atoms with E-state index in [1.165, 1.54) is 11.1 Å². The first-order valence-electron chi connectivity index (χ1n) is 11.3. The maximum atomic E-state index is 13.3. The number of amides is 1. The van der Waals surface area contributed by atoms with E-state index in [0.29, 0.717) is 13.0 Å². The zero-order valence-corrected chi connectivity index (χ0v) is 20.5. The van der Waals surface area contributed by atoms with E-state index in [4.69, 9.17) is 0 Å². The molecule has 7 heteroatoms. The summed E-state index contributed by atoms with van der Waals surface area (Å²) in [5.41, 5.74) is 5.08. The minimum atomic E-state index is -0.295. The molecule has 0 saturated carbocycles. The number of thiophene rings is 1. The van der Waals surface area contributed by atoms with E-state index in [9.17, 15) is 9.59 Å². The van der Waals surface area contributed by atoms with Gasteiger partial charge in [-0.15, -0.1) is 11.8 Å². The molecule has 1 amide bonds. The van der Waals surface area contributed by atoms with Gasteiger partial charge in [0.15, 0.2) is 5.43 Å². The van der Waals surface area contributed by atoms with Crippen molar-refractivity contribution < 1.29 is 4.79 Å². The molecule has 5 nitrogen and oxygen atoms in total. The molecule has 0 spiro atoms. The van der Waals surface area contributed by atoms with E-state index in [1.807, 2.05) is 31.2 Å². The fraction of sp³-hybridized carbons (Fsp3) is 0.222. The van der Waals surface area contributed by atoms with Crippen LogP contribution in [0.1, 0.15) is 44.5 Å². The van der Waals surface area contributed by atoms with Crippen LogP contribution in [0, 0.1) is 6.92 Å². The summed E-state index contributed by atoms with van der Waals surface area (Å²) in [6, 6.07) is 15.9. The highest BCUT2D eigenvalue weighted by molar-refractivity contribution is 7.99. The van der Waals surface area contributed by atoms with Crippen LogP contribution in [0.4, 0.5) is 0 Å². The van der Waals surface area contributed by atoms with Crippen LogP contribution in [0.2, 0.25) is 0 Å². The Balaban J connectivity index is 1.49. The van der Waals surface area contributed by atoms with Gasteiger partial charge in [-0.25, -0.2) is 0 Å². The van der Waals surface area contributed by atoms with Crippen molar-refractivity contribution in [3.63, 3.8) is 0 Å². The summed E-state index contributed by atoms with van der Waals surface area (Å²) in [6.07, 6.45) is 5.79. The summed E-state index contributed by atoms with van der Waals surface area (Å²) in [7, 11) is 0. The number of benzene rings is 1. The minimum Gasteiger partial charge on any atom is -0.352 e. The lowest BCUT2D eigenvalue weighted by Gasteiger charge is -2.20. The summed E-state index contributed by atoms with van der Waals surface area (Å²) in [6.45, 7) is 2.45. The standard InChI is InChI=1S/C27H25N3O2S2/c1-18-15-23(31)26(27(32)29-11-4-5-19-8-12-28-13-9-19)22-16-25(20-10-14-33-17-20)34-24-7-3-2-6-21(24)30(18)22/h2-3,6-10,12-15,17,25H,4-5,11,16H2,1H3,(H,29,32)/t25-/m0/s1. The smallest absolute Gasteiger partial charge is 0.257 e. The molecule has 1 aliphatic rings. The van der Waals surface area contributed by atoms with E-state index in [2.05, 4.69) is 43.8 Å². The second-order valence-electron chi connectivity index (χ2n) is 8.36. The molecule has 1 aliphatic heterocycles. The Labute approximate surface area is 206 Å². The largest absolute Gasteiger partial charge is 0.352 e. The summed E-state index contributed by atoms with van der Waals surface area (Å²) >= 11 is 3.46. The van der Waals surface area contributed by atoms with Crippen molar-refractivity contribution in [2.75, 3.05) is 6.54 Å². The van der Waals surface area contributed by atoms with Crippen LogP contribution < -0.4 is 10.7 Å². The minimum absolute atomic E-state index is 0.126. The van der Waals surface area contributed by atoms with Crippen molar-refractivity contribution in [3.8, 4) is 5.69 Å². The van der Waals surface area contributed by atoms with Gasteiger partial charge < -0.3 is 9.88 Å². The van der Waals surface area contributed by atoms with Gasteiger partial charge in [0.05, 0.1) is 5.69 Å². The second-order valence-corrected chi connectivity index (χ2v) is 10.4. The average molecular weight is 488 g/mol. The summed E-state index contributed by atoms with van der Waals surface area (Å²) in [4.78, 5) is 31.7. The molecule has 1 aromatic carbocycles. The van der Waals surface area contributed by atoms with Crippen LogP contribution in [-0.4, -0.2) is 22.0 Å². The van der Waals surface area contributed by atoms with Crippen LogP contribution >= 0.6 is 23.1 Å². The molecule has 172 valence electrons. The lowest BCUT2D eigenvalue weighted by molar-refractivity contribution is 0.0950. The first-order valence-corrected chi connectivity index (χ1v) is 13.1. The molecule has 5 rings (SSSR count). The van der Waals surface area contributed by atoms with E-state index in [0.717, 1.165) is 34.8 Å². The first kappa shape index (κ1) is 22.6. The number of hydrogen-bond acceptors (Lipinski definition) is 5. The van der Waals surface area contributed by atoms with E-state index in [1.54, 1.807) is 41.6 Å². The highest BCUT2D eigenvalue weighted by Crippen LogP contribution is 2.44. The van der Waals surface area contributed by atoms with Crippen molar-refractivity contribution in [2.45, 2.75) is 36.3 Å². The van der Waals surface area contributed by atoms with Crippen molar-refractivity contribution in [2.24, 2.45) is 0 Å². The molecule has 0 unspecified atom stereocenters. The number of pyridine rings is 2. The number of carbonyl (C=O) groups excluding carboxylic acids is 1. The van der Waals surface area contributed by atoms with Crippen LogP contribution in [0.5, 0.6) is 0 Å². The molecular weight excluding hydrogens is 462 g/mol. The molecule has 0 radical (unpaired) electrons. The topological polar surface area (TPSA) is 64.0 Å². The number of hydrogen-bond donors (Lipinski definition) is 1. The van der Waals surface area contributed by atoms with E-state index >= 15 is 0 Å². The highest BCUT2D eigenvalue weighted by Gasteiger charge is 2.29. The van der Waals surface area contributed by atoms with Crippen LogP contribution in [0.25, 0.3) is 5.69 Å². The van der Waals surface area contributed by atoms with Gasteiger partial charge in [-0.2, -0.15) is 11.3 Å². The predicted octanol–water partition coefficient (Wildman–Crippen LogP) is 5.35. The fourth-order valence-electron chi connectivity index (χ4n) is 4.45. The number of rotatable bonds is 6. The van der Waals surface area contributed by atoms with Gasteiger partial charge in [-0.05, 0) is 72.0 Å². The van der Waals surface area contributed by atoms with Gasteiger partial charge in [-0.1, -0.05) is 12.1 Å². The van der Waals surface area contributed by atoms with Crippen LogP contribution in [-0.2, 0) is 12.8 Å². The SMILES string of the molecule is Cc1cc(=O)c(C(=O)NCCCc2ccncc2)c2n1-c1ccccc1S[C@H](c1ccsc1)C2. The van der Waals surface area contributed by atoms with Gasteiger partial charge in [0, 0.05) is 53.0 Å². The molecule has 34 heavy (non-hydrogen) atoms. The molecule has 0 fully saturated rings. The number of aryl methyl sites for hydroxylation is 2. The zero-order chi connectivity index (χ0) is 23.5. The van der Waals surface area contributed by atoms with Crippen molar-refractivity contribution in [1.29, 1.82) is 0 Å². The third kappa shape index (κ3) is 4.58. The first-order chi connectivity index (χ1) is 16.6. The summed E-state index contributed by atoms with van der Waals surface area (Å²) in [5, 5.41) is 7.36. The monoisotopic (exact) mass is 487 g/mol. The lowest BCUT2D eigenvalue weighted by Crippen LogP contribution is -2.33. The number of nitrogens with one attached hydrogen (secondary N) is 1. The molecule has 3 aromatic heterocycles. The third-order valence-corrected chi connectivity index (χ3v) is 8.09. The van der Waals surface area contributed by atoms with Gasteiger partial charge in [0.2, 0.25) is 0 Å². The normalized spacial score (nSPS) is 14.7. The molecule has 4 heterocycles. The number of carbonyl (C=O) groups is 1. The van der Waals surface area contributed by atoms with Gasteiger partial charge >= 0.3 is 0 Å². The second kappa shape index (κ2) is 9.99. The molecule has 0 saturated heterocycles. The van der Waals surface area contributed by atoms with E-state index in [-0.39, 0.29) is 22.1 Å². The Hall–Kier alpha value is -3.16. The van der Waals surface area contributed by atoms with Gasteiger partial charge in [0.1, 0.15) is 5.56 Å². The zero-order valence-electron chi connectivity index (χ0n) is 18.9. The highest BCUT2D eigenvalue weighted by atomic mass is 32.2. The number of thioether (sulfide) groups is 1. The number of aromatic nitrogens is 2. The molecule has 4 aromatic rings. The van der Waals surface area contributed by atoms with Crippen LogP contribution in [0.15, 0.2) is 81.4 Å². The Bertz CT molecular complexity index is 1360. The predicted molar refractivity (Wildman–Crippen MR) is 138 cm³/mol. The maximum Gasteiger partial charge on any atom is 0.257 e. The van der Waals surface area contributed by atoms with Gasteiger partial charge in [-0.3, -0.25) is 14.6 Å². The molecular formula is C27H25N3O2S2. The van der Waals surface area contributed by atoms with Crippen molar-refractivity contribution in [1.82, 2.24) is 14.9 Å². The molecule has 1 atom stereocenters. The van der Waals surface area contributed by atoms with Gasteiger partial charge in [0.25, 0.3) is 5.91 Å². The van der Waals surface area contributed by atoms with Crippen LogP contribution in [0.3, 0.4) is 0 Å². The fourth-order valence-corrected chi connectivity index (χ4v) is 6.52. The molecule has 1 N–H and O–H groups in total. The maximum absolute atomic E-state index is 13.3. The van der Waals surface area contributed by atoms with Crippen molar-refractivity contribution >= 4 is 29.0 Å². The van der Waals surface area contributed by atoms with E-state index < -0.39 is 0 Å². The lowest BCUT2D eigenvalue weighted by atomic mass is 10.0. The average Bonchev–Trinajstić information content (AvgIpc) is 3.32. The Kier molecular flexibility index (Phi) is 6.65. The van der Waals surface area contributed by atoms with Crippen molar-refractivity contribution in [3.05, 3.63) is 110 Å². The number of nitrogens with zero attached hydrogens (tertiary/aromatic N) is 2.